The fourth-order valence-corrected chi connectivity index (χ4v) is 1.86. The molecule has 0 radical (unpaired) electrons. The van der Waals surface area contributed by atoms with E-state index in [1.165, 1.54) is 0 Å². The first-order valence-corrected chi connectivity index (χ1v) is 4.72. The molecule has 0 saturated carbocycles. The Balaban J connectivity index is 3.55. The first-order chi connectivity index (χ1) is 6.54. The largest absolute Gasteiger partial charge is 0.496 e. The molecule has 0 bridgehead atoms. The van der Waals surface area contributed by atoms with Gasteiger partial charge < -0.3 is 9.47 Å². The van der Waals surface area contributed by atoms with Crippen LogP contribution in [0.25, 0.3) is 0 Å². The third-order valence-corrected chi connectivity index (χ3v) is 2.90. The Morgan fingerprint density at radius 3 is 0.929 bits per heavy atom. The summed E-state index contributed by atoms with van der Waals surface area (Å²) in [7, 11) is 3.42. The second-order valence-electron chi connectivity index (χ2n) is 3.57. The van der Waals surface area contributed by atoms with Gasteiger partial charge >= 0.3 is 0 Å². The summed E-state index contributed by atoms with van der Waals surface area (Å²) in [6.07, 6.45) is 0. The number of rotatable bonds is 2. The van der Waals surface area contributed by atoms with Crippen LogP contribution in [-0.4, -0.2) is 14.2 Å². The molecule has 0 aliphatic heterocycles. The Bertz CT molecular complexity index is 290. The molecule has 1 aromatic rings. The number of methoxy groups -OCH3 is 2. The Morgan fingerprint density at radius 2 is 0.786 bits per heavy atom. The van der Waals surface area contributed by atoms with Crippen LogP contribution in [0.1, 0.15) is 22.3 Å². The van der Waals surface area contributed by atoms with Gasteiger partial charge in [0.05, 0.1) is 14.2 Å². The molecule has 2 heteroatoms. The summed E-state index contributed by atoms with van der Waals surface area (Å²) in [5, 5.41) is 0. The van der Waals surface area contributed by atoms with Gasteiger partial charge in [-0.15, -0.1) is 0 Å². The van der Waals surface area contributed by atoms with Gasteiger partial charge in [-0.05, 0) is 49.9 Å². The fourth-order valence-electron chi connectivity index (χ4n) is 1.86. The van der Waals surface area contributed by atoms with Crippen LogP contribution >= 0.6 is 0 Å². The first-order valence-electron chi connectivity index (χ1n) is 4.72. The summed E-state index contributed by atoms with van der Waals surface area (Å²) in [6, 6.07) is 0. The summed E-state index contributed by atoms with van der Waals surface area (Å²) < 4.78 is 10.8. The molecule has 0 spiro atoms. The topological polar surface area (TPSA) is 18.5 Å². The highest BCUT2D eigenvalue weighted by Gasteiger charge is 2.15. The molecule has 0 N–H and O–H groups in total. The molecule has 1 aromatic carbocycles. The average molecular weight is 194 g/mol. The van der Waals surface area contributed by atoms with Crippen LogP contribution in [0.3, 0.4) is 0 Å². The van der Waals surface area contributed by atoms with E-state index in [0.717, 1.165) is 33.8 Å². The maximum Gasteiger partial charge on any atom is 0.125 e. The van der Waals surface area contributed by atoms with Gasteiger partial charge in [0.2, 0.25) is 0 Å². The molecule has 0 atom stereocenters. The molecule has 0 aromatic heterocycles. The molecule has 2 nitrogen and oxygen atoms in total. The smallest absolute Gasteiger partial charge is 0.125 e. The van der Waals surface area contributed by atoms with E-state index in [1.54, 1.807) is 14.2 Å². The van der Waals surface area contributed by atoms with E-state index >= 15 is 0 Å². The Labute approximate surface area is 85.8 Å². The molecule has 0 fully saturated rings. The van der Waals surface area contributed by atoms with Crippen molar-refractivity contribution in [3.8, 4) is 11.5 Å². The van der Waals surface area contributed by atoms with E-state index in [0.29, 0.717) is 0 Å². The summed E-state index contributed by atoms with van der Waals surface area (Å²) in [4.78, 5) is 0. The van der Waals surface area contributed by atoms with E-state index < -0.39 is 0 Å². The zero-order valence-corrected chi connectivity index (χ0v) is 9.82. The molecule has 78 valence electrons. The van der Waals surface area contributed by atoms with Gasteiger partial charge in [0.25, 0.3) is 0 Å². The van der Waals surface area contributed by atoms with Gasteiger partial charge in [0, 0.05) is 0 Å². The van der Waals surface area contributed by atoms with Crippen molar-refractivity contribution in [2.75, 3.05) is 14.2 Å². The zero-order valence-electron chi connectivity index (χ0n) is 9.82. The Kier molecular flexibility index (Phi) is 3.04. The van der Waals surface area contributed by atoms with Crippen LogP contribution in [0.4, 0.5) is 0 Å². The molecule has 0 amide bonds. The first kappa shape index (κ1) is 10.9. The van der Waals surface area contributed by atoms with E-state index in [-0.39, 0.29) is 0 Å². The van der Waals surface area contributed by atoms with E-state index in [1.807, 2.05) is 0 Å². The maximum atomic E-state index is 5.38. The fraction of sp³-hybridized carbons (Fsp3) is 0.500. The molecular formula is C12H18O2. The van der Waals surface area contributed by atoms with E-state index in [4.69, 9.17) is 9.47 Å². The molecule has 0 saturated heterocycles. The van der Waals surface area contributed by atoms with Crippen LogP contribution in [0.2, 0.25) is 0 Å². The van der Waals surface area contributed by atoms with Crippen molar-refractivity contribution in [1.29, 1.82) is 0 Å². The van der Waals surface area contributed by atoms with Crippen LogP contribution in [0.15, 0.2) is 0 Å². The third-order valence-electron chi connectivity index (χ3n) is 2.90. The van der Waals surface area contributed by atoms with Crippen LogP contribution < -0.4 is 9.47 Å². The lowest BCUT2D eigenvalue weighted by atomic mass is 9.98. The average Bonchev–Trinajstić information content (AvgIpc) is 2.17. The molecule has 0 heterocycles. The van der Waals surface area contributed by atoms with Crippen molar-refractivity contribution in [3.05, 3.63) is 22.3 Å². The molecular weight excluding hydrogens is 176 g/mol. The highest BCUT2D eigenvalue weighted by atomic mass is 16.5. The summed E-state index contributed by atoms with van der Waals surface area (Å²) in [5.74, 6) is 1.95. The van der Waals surface area contributed by atoms with Gasteiger partial charge in [-0.25, -0.2) is 0 Å². The van der Waals surface area contributed by atoms with Crippen LogP contribution in [0, 0.1) is 27.7 Å². The van der Waals surface area contributed by atoms with E-state index in [2.05, 4.69) is 27.7 Å². The number of ether oxygens (including phenoxy) is 2. The van der Waals surface area contributed by atoms with Gasteiger partial charge in [-0.1, -0.05) is 0 Å². The second-order valence-corrected chi connectivity index (χ2v) is 3.57. The Hall–Kier alpha value is -1.18. The molecule has 0 aliphatic rings. The van der Waals surface area contributed by atoms with Gasteiger partial charge in [0.15, 0.2) is 0 Å². The maximum absolute atomic E-state index is 5.38. The minimum atomic E-state index is 0.973. The predicted octanol–water partition coefficient (Wildman–Crippen LogP) is 2.94. The van der Waals surface area contributed by atoms with Crippen molar-refractivity contribution in [3.63, 3.8) is 0 Å². The third kappa shape index (κ3) is 1.45. The quantitative estimate of drug-likeness (QED) is 0.720. The highest BCUT2D eigenvalue weighted by Crippen LogP contribution is 2.36. The highest BCUT2D eigenvalue weighted by molar-refractivity contribution is 5.57. The normalized spacial score (nSPS) is 10.1. The number of hydrogen-bond acceptors (Lipinski definition) is 2. The minimum absolute atomic E-state index is 0.973. The van der Waals surface area contributed by atoms with Crippen molar-refractivity contribution in [2.45, 2.75) is 27.7 Å². The lowest BCUT2D eigenvalue weighted by Crippen LogP contribution is -2.00. The van der Waals surface area contributed by atoms with Crippen molar-refractivity contribution < 1.29 is 9.47 Å². The SMILES string of the molecule is COc1c(C)c(C)c(OC)c(C)c1C. The predicted molar refractivity (Wildman–Crippen MR) is 58.5 cm³/mol. The van der Waals surface area contributed by atoms with Gasteiger partial charge in [0.1, 0.15) is 11.5 Å². The summed E-state index contributed by atoms with van der Waals surface area (Å²) in [6.45, 7) is 8.23. The summed E-state index contributed by atoms with van der Waals surface area (Å²) >= 11 is 0. The zero-order chi connectivity index (χ0) is 10.9. The minimum Gasteiger partial charge on any atom is -0.496 e. The lowest BCUT2D eigenvalue weighted by Gasteiger charge is -2.18. The molecule has 0 aliphatic carbocycles. The van der Waals surface area contributed by atoms with Gasteiger partial charge in [-0.3, -0.25) is 0 Å². The molecule has 1 rings (SSSR count). The van der Waals surface area contributed by atoms with Crippen LogP contribution in [0.5, 0.6) is 11.5 Å². The van der Waals surface area contributed by atoms with Crippen molar-refractivity contribution in [1.82, 2.24) is 0 Å². The van der Waals surface area contributed by atoms with Crippen molar-refractivity contribution >= 4 is 0 Å². The van der Waals surface area contributed by atoms with Crippen molar-refractivity contribution in [2.24, 2.45) is 0 Å². The number of benzene rings is 1. The summed E-state index contributed by atoms with van der Waals surface area (Å²) in [5.41, 5.74) is 4.64. The number of hydrogen-bond donors (Lipinski definition) is 0. The van der Waals surface area contributed by atoms with Crippen LogP contribution in [-0.2, 0) is 0 Å². The molecule has 0 unspecified atom stereocenters. The standard InChI is InChI=1S/C12H18O2/c1-7-8(2)12(14-6)10(4)9(3)11(7)13-5/h1-6H3. The monoisotopic (exact) mass is 194 g/mol. The second kappa shape index (κ2) is 3.91. The Morgan fingerprint density at radius 1 is 0.571 bits per heavy atom. The van der Waals surface area contributed by atoms with Gasteiger partial charge in [-0.2, -0.15) is 0 Å². The van der Waals surface area contributed by atoms with E-state index in [9.17, 15) is 0 Å². The lowest BCUT2D eigenvalue weighted by molar-refractivity contribution is 0.392. The molecule has 14 heavy (non-hydrogen) atoms.